The van der Waals surface area contributed by atoms with Crippen LogP contribution in [0.1, 0.15) is 23.0 Å². The Morgan fingerprint density at radius 1 is 1.18 bits per heavy atom. The average Bonchev–Trinajstić information content (AvgIpc) is 2.85. The summed E-state index contributed by atoms with van der Waals surface area (Å²) in [6, 6.07) is 0.284. The van der Waals surface area contributed by atoms with Crippen molar-refractivity contribution in [1.82, 2.24) is 9.29 Å². The lowest BCUT2D eigenvalue weighted by Crippen LogP contribution is -2.43. The standard InChI is InChI=1S/C16H16F5N3O3S/c1-8-13(28(26,27)23-9(2)16(19,20)21)7-24(3)14(8)15(25)22-10-4-5-11(17)12(18)6-10/h4-7,9,23H,1-3H3,(H,22,25). The third-order valence-electron chi connectivity index (χ3n) is 3.89. The second kappa shape index (κ2) is 7.51. The molecule has 154 valence electrons. The van der Waals surface area contributed by atoms with Crippen molar-refractivity contribution in [1.29, 1.82) is 0 Å². The van der Waals surface area contributed by atoms with E-state index in [1.165, 1.54) is 18.7 Å². The summed E-state index contributed by atoms with van der Waals surface area (Å²) in [6.07, 6.45) is -3.80. The first-order chi connectivity index (χ1) is 12.7. The number of alkyl halides is 3. The van der Waals surface area contributed by atoms with Gasteiger partial charge in [0.2, 0.25) is 10.0 Å². The molecule has 2 aromatic rings. The number of anilines is 1. The van der Waals surface area contributed by atoms with Gasteiger partial charge in [0.15, 0.2) is 11.6 Å². The van der Waals surface area contributed by atoms with Crippen LogP contribution in [0.15, 0.2) is 29.3 Å². The highest BCUT2D eigenvalue weighted by molar-refractivity contribution is 7.89. The summed E-state index contributed by atoms with van der Waals surface area (Å²) < 4.78 is 91.4. The predicted molar refractivity (Wildman–Crippen MR) is 90.3 cm³/mol. The van der Waals surface area contributed by atoms with Crippen LogP contribution in [0, 0.1) is 18.6 Å². The highest BCUT2D eigenvalue weighted by Gasteiger charge is 2.39. The largest absolute Gasteiger partial charge is 0.404 e. The molecule has 0 aliphatic carbocycles. The minimum Gasteiger partial charge on any atom is -0.345 e. The molecule has 0 spiro atoms. The molecule has 1 unspecified atom stereocenters. The van der Waals surface area contributed by atoms with E-state index in [1.54, 1.807) is 0 Å². The number of nitrogens with zero attached hydrogens (tertiary/aromatic N) is 1. The van der Waals surface area contributed by atoms with Crippen LogP contribution in [-0.2, 0) is 17.1 Å². The third-order valence-corrected chi connectivity index (χ3v) is 5.55. The van der Waals surface area contributed by atoms with Crippen LogP contribution in [0.4, 0.5) is 27.6 Å². The fraction of sp³-hybridized carbons (Fsp3) is 0.312. The lowest BCUT2D eigenvalue weighted by molar-refractivity contribution is -0.147. The number of hydrogen-bond acceptors (Lipinski definition) is 3. The van der Waals surface area contributed by atoms with Crippen molar-refractivity contribution in [2.75, 3.05) is 5.32 Å². The number of amides is 1. The van der Waals surface area contributed by atoms with E-state index in [4.69, 9.17) is 0 Å². The lowest BCUT2D eigenvalue weighted by atomic mass is 10.2. The van der Waals surface area contributed by atoms with Gasteiger partial charge in [0.05, 0.1) is 0 Å². The molecule has 1 heterocycles. The van der Waals surface area contributed by atoms with Crippen molar-refractivity contribution in [3.8, 4) is 0 Å². The zero-order valence-electron chi connectivity index (χ0n) is 14.9. The van der Waals surface area contributed by atoms with Gasteiger partial charge in [-0.1, -0.05) is 0 Å². The first kappa shape index (κ1) is 21.8. The van der Waals surface area contributed by atoms with E-state index >= 15 is 0 Å². The number of carbonyl (C=O) groups is 1. The summed E-state index contributed by atoms with van der Waals surface area (Å²) in [5.74, 6) is -3.17. The monoisotopic (exact) mass is 425 g/mol. The van der Waals surface area contributed by atoms with Gasteiger partial charge >= 0.3 is 6.18 Å². The number of nitrogens with one attached hydrogen (secondary N) is 2. The minimum atomic E-state index is -4.79. The highest BCUT2D eigenvalue weighted by Crippen LogP contribution is 2.25. The van der Waals surface area contributed by atoms with Gasteiger partial charge < -0.3 is 9.88 Å². The van der Waals surface area contributed by atoms with Gasteiger partial charge in [-0.2, -0.15) is 17.9 Å². The zero-order valence-corrected chi connectivity index (χ0v) is 15.7. The van der Waals surface area contributed by atoms with Crippen LogP contribution < -0.4 is 10.0 Å². The molecule has 12 heteroatoms. The van der Waals surface area contributed by atoms with Crippen molar-refractivity contribution < 1.29 is 35.2 Å². The van der Waals surface area contributed by atoms with E-state index in [2.05, 4.69) is 5.32 Å². The fourth-order valence-corrected chi connectivity index (χ4v) is 3.97. The molecule has 1 aromatic heterocycles. The number of aryl methyl sites for hydroxylation is 1. The van der Waals surface area contributed by atoms with Crippen LogP contribution in [0.5, 0.6) is 0 Å². The van der Waals surface area contributed by atoms with E-state index in [0.717, 1.165) is 29.0 Å². The molecule has 0 saturated carbocycles. The highest BCUT2D eigenvalue weighted by atomic mass is 32.2. The van der Waals surface area contributed by atoms with Crippen LogP contribution in [0.25, 0.3) is 0 Å². The summed E-state index contributed by atoms with van der Waals surface area (Å²) in [4.78, 5) is 11.9. The van der Waals surface area contributed by atoms with Crippen LogP contribution in [0.3, 0.4) is 0 Å². The number of rotatable bonds is 5. The molecular formula is C16H16F5N3O3S. The molecular weight excluding hydrogens is 409 g/mol. The molecule has 28 heavy (non-hydrogen) atoms. The van der Waals surface area contributed by atoms with Gasteiger partial charge in [0, 0.05) is 25.0 Å². The van der Waals surface area contributed by atoms with Gasteiger partial charge in [-0.3, -0.25) is 4.79 Å². The van der Waals surface area contributed by atoms with E-state index < -0.39 is 44.7 Å². The van der Waals surface area contributed by atoms with Crippen molar-refractivity contribution in [2.24, 2.45) is 7.05 Å². The topological polar surface area (TPSA) is 80.2 Å². The van der Waals surface area contributed by atoms with Gasteiger partial charge in [-0.05, 0) is 31.5 Å². The molecule has 1 amide bonds. The Morgan fingerprint density at radius 3 is 2.32 bits per heavy atom. The minimum absolute atomic E-state index is 0.0854. The predicted octanol–water partition coefficient (Wildman–Crippen LogP) is 3.09. The summed E-state index contributed by atoms with van der Waals surface area (Å²) in [5.41, 5.74) is -0.369. The smallest absolute Gasteiger partial charge is 0.345 e. The van der Waals surface area contributed by atoms with Crippen LogP contribution in [0.2, 0.25) is 0 Å². The molecule has 2 N–H and O–H groups in total. The second-order valence-corrected chi connectivity index (χ2v) is 7.73. The molecule has 6 nitrogen and oxygen atoms in total. The van der Waals surface area contributed by atoms with E-state index in [1.807, 2.05) is 0 Å². The first-order valence-corrected chi connectivity index (χ1v) is 9.23. The molecule has 1 aromatic carbocycles. The number of sulfonamides is 1. The molecule has 0 aliphatic rings. The van der Waals surface area contributed by atoms with E-state index in [-0.39, 0.29) is 16.9 Å². The SMILES string of the molecule is Cc1c(S(=O)(=O)NC(C)C(F)(F)F)cn(C)c1C(=O)Nc1ccc(F)c(F)c1. The number of benzene rings is 1. The number of halogens is 5. The maximum atomic E-state index is 13.3. The van der Waals surface area contributed by atoms with Crippen LogP contribution >= 0.6 is 0 Å². The Morgan fingerprint density at radius 2 is 1.79 bits per heavy atom. The molecule has 1 atom stereocenters. The Labute approximate surface area is 157 Å². The lowest BCUT2D eigenvalue weighted by Gasteiger charge is -2.17. The van der Waals surface area contributed by atoms with Crippen LogP contribution in [-0.4, -0.2) is 31.1 Å². The normalized spacial score (nSPS) is 13.4. The van der Waals surface area contributed by atoms with E-state index in [9.17, 15) is 35.2 Å². The Hall–Kier alpha value is -2.47. The summed E-state index contributed by atoms with van der Waals surface area (Å²) in [7, 11) is -3.26. The molecule has 0 radical (unpaired) electrons. The second-order valence-electron chi connectivity index (χ2n) is 6.05. The van der Waals surface area contributed by atoms with Gasteiger partial charge in [-0.15, -0.1) is 0 Å². The van der Waals surface area contributed by atoms with Gasteiger partial charge in [0.25, 0.3) is 5.91 Å². The Kier molecular flexibility index (Phi) is 5.85. The third kappa shape index (κ3) is 4.50. The van der Waals surface area contributed by atoms with E-state index in [0.29, 0.717) is 6.92 Å². The van der Waals surface area contributed by atoms with Gasteiger partial charge in [0.1, 0.15) is 16.6 Å². The Balaban J connectivity index is 2.34. The van der Waals surface area contributed by atoms with Crippen molar-refractivity contribution in [3.63, 3.8) is 0 Å². The summed E-state index contributed by atoms with van der Waals surface area (Å²) >= 11 is 0. The molecule has 0 saturated heterocycles. The molecule has 0 fully saturated rings. The van der Waals surface area contributed by atoms with Gasteiger partial charge in [-0.25, -0.2) is 17.2 Å². The molecule has 0 aliphatic heterocycles. The van der Waals surface area contributed by atoms with Crippen molar-refractivity contribution >= 4 is 21.6 Å². The molecule has 0 bridgehead atoms. The fourth-order valence-electron chi connectivity index (χ4n) is 2.45. The summed E-state index contributed by atoms with van der Waals surface area (Å²) in [5, 5.41) is 2.28. The quantitative estimate of drug-likeness (QED) is 0.723. The summed E-state index contributed by atoms with van der Waals surface area (Å²) in [6.45, 7) is 1.89. The maximum Gasteiger partial charge on any atom is 0.404 e. The first-order valence-electron chi connectivity index (χ1n) is 7.75. The zero-order chi connectivity index (χ0) is 21.4. The Bertz CT molecular complexity index is 1020. The average molecular weight is 425 g/mol. The van der Waals surface area contributed by atoms with Crippen molar-refractivity contribution in [2.45, 2.75) is 31.0 Å². The number of hydrogen-bond donors (Lipinski definition) is 2. The maximum absolute atomic E-state index is 13.3. The number of aromatic nitrogens is 1. The number of carbonyl (C=O) groups excluding carboxylic acids is 1. The molecule has 2 rings (SSSR count). The van der Waals surface area contributed by atoms with Crippen molar-refractivity contribution in [3.05, 3.63) is 47.3 Å².